The standard InChI is InChI=1S/C27H40N4O2S.C2HF3O2/c1-5-6-14-28-26(34)29-21-11-12-27(20-9-10-23(32-3)24(17-20)33-4)13-16-31(25(27)18-21)19-22-8-7-15-30(22)2;3-2(4,5)1(6)7/h7-10,15,17,21,25H,5-6,11-14,16,18-19H2,1-4H3,(H2,28,29,34);(H,6,7)/t21-,25+,27+;/m1./s1. The van der Waals surface area contributed by atoms with Crippen molar-refractivity contribution in [3.8, 4) is 11.5 Å². The zero-order valence-electron chi connectivity index (χ0n) is 24.1. The summed E-state index contributed by atoms with van der Waals surface area (Å²) in [6, 6.07) is 11.7. The number of nitrogens with zero attached hydrogens (tertiary/aromatic N) is 2. The first kappa shape index (κ1) is 32.5. The van der Waals surface area contributed by atoms with Gasteiger partial charge in [0.2, 0.25) is 0 Å². The minimum atomic E-state index is -5.08. The van der Waals surface area contributed by atoms with E-state index in [-0.39, 0.29) is 5.41 Å². The van der Waals surface area contributed by atoms with Crippen molar-refractivity contribution in [2.24, 2.45) is 7.05 Å². The van der Waals surface area contributed by atoms with Crippen molar-refractivity contribution in [2.45, 2.75) is 75.7 Å². The molecule has 1 saturated carbocycles. The van der Waals surface area contributed by atoms with Crippen LogP contribution in [0.2, 0.25) is 0 Å². The molecule has 1 aromatic carbocycles. The normalized spacial score (nSPS) is 22.2. The third-order valence-corrected chi connectivity index (χ3v) is 8.40. The fraction of sp³-hybridized carbons (Fsp3) is 0.586. The van der Waals surface area contributed by atoms with Crippen molar-refractivity contribution in [3.63, 3.8) is 0 Å². The van der Waals surface area contributed by atoms with Crippen LogP contribution in [0.15, 0.2) is 36.5 Å². The molecule has 1 aliphatic carbocycles. The molecule has 2 aromatic rings. The van der Waals surface area contributed by atoms with Crippen LogP contribution in [0.5, 0.6) is 11.5 Å². The van der Waals surface area contributed by atoms with E-state index in [1.807, 2.05) is 0 Å². The predicted octanol–water partition coefficient (Wildman–Crippen LogP) is 5.00. The van der Waals surface area contributed by atoms with Crippen molar-refractivity contribution in [2.75, 3.05) is 27.3 Å². The summed E-state index contributed by atoms with van der Waals surface area (Å²) < 4.78 is 45.2. The summed E-state index contributed by atoms with van der Waals surface area (Å²) in [5.41, 5.74) is 2.83. The third-order valence-electron chi connectivity index (χ3n) is 8.14. The Morgan fingerprint density at radius 2 is 1.90 bits per heavy atom. The van der Waals surface area contributed by atoms with Gasteiger partial charge in [-0.05, 0) is 80.7 Å². The number of carbonyl (C=O) groups is 1. The van der Waals surface area contributed by atoms with E-state index >= 15 is 0 Å². The minimum Gasteiger partial charge on any atom is -0.493 e. The first-order valence-electron chi connectivity index (χ1n) is 13.9. The van der Waals surface area contributed by atoms with Crippen LogP contribution in [0.3, 0.4) is 0 Å². The Morgan fingerprint density at radius 1 is 1.20 bits per heavy atom. The molecule has 2 fully saturated rings. The quantitative estimate of drug-likeness (QED) is 0.275. The molecule has 0 bridgehead atoms. The van der Waals surface area contributed by atoms with E-state index in [2.05, 4.69) is 70.6 Å². The molecule has 4 rings (SSSR count). The second-order valence-electron chi connectivity index (χ2n) is 10.6. The smallest absolute Gasteiger partial charge is 0.490 e. The molecule has 0 radical (unpaired) electrons. The highest BCUT2D eigenvalue weighted by atomic mass is 32.1. The van der Waals surface area contributed by atoms with Gasteiger partial charge >= 0.3 is 12.1 Å². The Labute approximate surface area is 245 Å². The number of methoxy groups -OCH3 is 2. The first-order valence-corrected chi connectivity index (χ1v) is 14.3. The molecule has 0 amide bonds. The van der Waals surface area contributed by atoms with Gasteiger partial charge in [-0.15, -0.1) is 0 Å². The Morgan fingerprint density at radius 3 is 2.49 bits per heavy atom. The van der Waals surface area contributed by atoms with Gasteiger partial charge in [-0.3, -0.25) is 4.90 Å². The molecule has 8 nitrogen and oxygen atoms in total. The SMILES string of the molecule is CCCCNC(=S)N[C@@H]1CC[C@@]2(c3ccc(OC)c(OC)c3)CCN(Cc3cccn3C)[C@H]2C1.O=C(O)C(F)(F)F. The van der Waals surface area contributed by atoms with E-state index < -0.39 is 12.1 Å². The number of benzene rings is 1. The number of aromatic nitrogens is 1. The summed E-state index contributed by atoms with van der Waals surface area (Å²) >= 11 is 5.62. The molecule has 12 heteroatoms. The third kappa shape index (κ3) is 8.06. The van der Waals surface area contributed by atoms with Crippen LogP contribution >= 0.6 is 12.2 Å². The number of nitrogens with one attached hydrogen (secondary N) is 2. The fourth-order valence-corrected chi connectivity index (χ4v) is 6.20. The van der Waals surface area contributed by atoms with Crippen LogP contribution in [-0.4, -0.2) is 71.2 Å². The van der Waals surface area contributed by atoms with Crippen molar-refractivity contribution in [1.82, 2.24) is 20.1 Å². The molecule has 1 saturated heterocycles. The number of likely N-dealkylation sites (tertiary alicyclic amines) is 1. The highest BCUT2D eigenvalue weighted by molar-refractivity contribution is 7.80. The number of aryl methyl sites for hydroxylation is 1. The molecule has 2 aliphatic rings. The number of hydrogen-bond donors (Lipinski definition) is 3. The van der Waals surface area contributed by atoms with Crippen LogP contribution in [0, 0.1) is 0 Å². The van der Waals surface area contributed by atoms with Gasteiger partial charge in [0.25, 0.3) is 0 Å². The van der Waals surface area contributed by atoms with Gasteiger partial charge in [-0.2, -0.15) is 13.2 Å². The van der Waals surface area contributed by atoms with Crippen LogP contribution in [0.1, 0.15) is 56.7 Å². The second kappa shape index (κ2) is 14.3. The molecule has 3 N–H and O–H groups in total. The van der Waals surface area contributed by atoms with E-state index in [0.29, 0.717) is 12.1 Å². The Hall–Kier alpha value is -2.99. The minimum absolute atomic E-state index is 0.111. The Bertz CT molecular complexity index is 1180. The number of carboxylic acids is 1. The molecule has 41 heavy (non-hydrogen) atoms. The number of rotatable bonds is 9. The van der Waals surface area contributed by atoms with E-state index in [1.54, 1.807) is 14.2 Å². The van der Waals surface area contributed by atoms with Gasteiger partial charge in [-0.1, -0.05) is 19.4 Å². The van der Waals surface area contributed by atoms with Gasteiger partial charge in [0.15, 0.2) is 16.6 Å². The summed E-state index contributed by atoms with van der Waals surface area (Å²) in [7, 11) is 5.56. The fourth-order valence-electron chi connectivity index (χ4n) is 5.93. The van der Waals surface area contributed by atoms with Crippen LogP contribution in [0.4, 0.5) is 13.2 Å². The predicted molar refractivity (Wildman–Crippen MR) is 155 cm³/mol. The number of alkyl halides is 3. The van der Waals surface area contributed by atoms with Crippen LogP contribution in [0.25, 0.3) is 0 Å². The van der Waals surface area contributed by atoms with Crippen LogP contribution in [-0.2, 0) is 23.8 Å². The number of aliphatic carboxylic acids is 1. The zero-order valence-corrected chi connectivity index (χ0v) is 24.9. The lowest BCUT2D eigenvalue weighted by Gasteiger charge is -2.46. The summed E-state index contributed by atoms with van der Waals surface area (Å²) in [6.45, 7) is 5.20. The number of ether oxygens (including phenoxy) is 2. The molecule has 0 unspecified atom stereocenters. The highest BCUT2D eigenvalue weighted by Crippen LogP contribution is 2.50. The van der Waals surface area contributed by atoms with Gasteiger partial charge in [0, 0.05) is 49.5 Å². The monoisotopic (exact) mass is 598 g/mol. The van der Waals surface area contributed by atoms with E-state index in [9.17, 15) is 13.2 Å². The zero-order chi connectivity index (χ0) is 30.2. The van der Waals surface area contributed by atoms with Gasteiger partial charge in [0.1, 0.15) is 0 Å². The number of carboxylic acid groups (broad SMARTS) is 1. The van der Waals surface area contributed by atoms with Crippen molar-refractivity contribution in [1.29, 1.82) is 0 Å². The lowest BCUT2D eigenvalue weighted by molar-refractivity contribution is -0.192. The first-order chi connectivity index (χ1) is 19.4. The van der Waals surface area contributed by atoms with Gasteiger partial charge in [-0.25, -0.2) is 4.79 Å². The number of thiocarbonyl (C=S) groups is 1. The van der Waals surface area contributed by atoms with E-state index in [4.69, 9.17) is 31.6 Å². The number of unbranched alkanes of at least 4 members (excludes halogenated alkanes) is 1. The van der Waals surface area contributed by atoms with Crippen molar-refractivity contribution < 1.29 is 32.5 Å². The Kier molecular flexibility index (Phi) is 11.3. The molecular formula is C29H41F3N4O4S. The second-order valence-corrected chi connectivity index (χ2v) is 11.0. The summed E-state index contributed by atoms with van der Waals surface area (Å²) in [6.07, 6.45) is 3.84. The topological polar surface area (TPSA) is 88.0 Å². The molecule has 228 valence electrons. The number of fused-ring (bicyclic) bond motifs is 1. The molecule has 2 heterocycles. The maximum Gasteiger partial charge on any atom is 0.490 e. The summed E-state index contributed by atoms with van der Waals surface area (Å²) in [5.74, 6) is -1.15. The average Bonchev–Trinajstić information content (AvgIpc) is 3.51. The van der Waals surface area contributed by atoms with Crippen LogP contribution < -0.4 is 20.1 Å². The van der Waals surface area contributed by atoms with Crippen molar-refractivity contribution in [3.05, 3.63) is 47.8 Å². The number of halogens is 3. The molecule has 1 aliphatic heterocycles. The maximum atomic E-state index is 10.6. The molecule has 3 atom stereocenters. The molecular weight excluding hydrogens is 557 g/mol. The van der Waals surface area contributed by atoms with Gasteiger partial charge in [0.05, 0.1) is 14.2 Å². The van der Waals surface area contributed by atoms with Gasteiger partial charge < -0.3 is 29.8 Å². The maximum absolute atomic E-state index is 10.6. The average molecular weight is 599 g/mol. The summed E-state index contributed by atoms with van der Waals surface area (Å²) in [4.78, 5) is 11.6. The Balaban J connectivity index is 0.000000587. The highest BCUT2D eigenvalue weighted by Gasteiger charge is 2.51. The van der Waals surface area contributed by atoms with E-state index in [1.165, 1.54) is 17.7 Å². The van der Waals surface area contributed by atoms with E-state index in [0.717, 1.165) is 68.3 Å². The number of hydrogen-bond acceptors (Lipinski definition) is 5. The summed E-state index contributed by atoms with van der Waals surface area (Å²) in [5, 5.41) is 14.9. The lowest BCUT2D eigenvalue weighted by Crippen LogP contribution is -2.53. The largest absolute Gasteiger partial charge is 0.493 e. The van der Waals surface area contributed by atoms with Crippen molar-refractivity contribution >= 4 is 23.3 Å². The molecule has 0 spiro atoms. The lowest BCUT2D eigenvalue weighted by atomic mass is 9.65. The molecule has 1 aromatic heterocycles.